The second kappa shape index (κ2) is 13.8. The van der Waals surface area contributed by atoms with Crippen molar-refractivity contribution in [2.45, 2.75) is 43.4 Å². The number of carbonyl (C=O) groups excluding carboxylic acids is 3. The number of aliphatic carboxylic acids is 3. The minimum absolute atomic E-state index is 0.0522. The summed E-state index contributed by atoms with van der Waals surface area (Å²) in [6.07, 6.45) is -1.82. The highest BCUT2D eigenvalue weighted by Crippen LogP contribution is 2.12. The van der Waals surface area contributed by atoms with Crippen molar-refractivity contribution < 1.29 is 49.2 Å². The van der Waals surface area contributed by atoms with Crippen molar-refractivity contribution in [3.05, 3.63) is 29.8 Å². The molecule has 15 heteroatoms. The van der Waals surface area contributed by atoms with Gasteiger partial charge in [-0.3, -0.25) is 24.0 Å². The summed E-state index contributed by atoms with van der Waals surface area (Å²) < 4.78 is 0. The van der Waals surface area contributed by atoms with E-state index in [0.29, 0.717) is 5.56 Å². The third kappa shape index (κ3) is 10.3. The van der Waals surface area contributed by atoms with Gasteiger partial charge in [0.15, 0.2) is 0 Å². The molecule has 0 aromatic heterocycles. The van der Waals surface area contributed by atoms with Gasteiger partial charge >= 0.3 is 17.9 Å². The molecular weight excluding hydrogens is 488 g/mol. The summed E-state index contributed by atoms with van der Waals surface area (Å²) in [5.74, 6) is -7.74. The van der Waals surface area contributed by atoms with E-state index >= 15 is 0 Å². The van der Waals surface area contributed by atoms with E-state index < -0.39 is 72.6 Å². The molecule has 1 aromatic carbocycles. The molecule has 4 unspecified atom stereocenters. The number of phenolic OH excluding ortho intramolecular Hbond substituents is 1. The van der Waals surface area contributed by atoms with Gasteiger partial charge in [-0.05, 0) is 17.7 Å². The Balaban J connectivity index is 2.93. The molecular formula is C20H26N4O10S. The molecule has 0 heterocycles. The Morgan fingerprint density at radius 1 is 0.771 bits per heavy atom. The van der Waals surface area contributed by atoms with Crippen molar-refractivity contribution in [1.29, 1.82) is 0 Å². The fourth-order valence-corrected chi connectivity index (χ4v) is 3.01. The number of aromatic hydroxyl groups is 1. The van der Waals surface area contributed by atoms with Gasteiger partial charge in [0.2, 0.25) is 17.7 Å². The summed E-state index contributed by atoms with van der Waals surface area (Å²) in [5, 5.41) is 43.0. The largest absolute Gasteiger partial charge is 0.508 e. The van der Waals surface area contributed by atoms with E-state index in [4.69, 9.17) is 15.9 Å². The molecule has 0 aliphatic rings. The number of nitrogens with two attached hydrogens (primary N) is 1. The van der Waals surface area contributed by atoms with E-state index in [0.717, 1.165) is 0 Å². The number of carboxylic acid groups (broad SMARTS) is 3. The van der Waals surface area contributed by atoms with Gasteiger partial charge in [0.25, 0.3) is 0 Å². The first-order valence-electron chi connectivity index (χ1n) is 10.1. The zero-order valence-electron chi connectivity index (χ0n) is 18.2. The summed E-state index contributed by atoms with van der Waals surface area (Å²) in [5.41, 5.74) is 5.88. The lowest BCUT2D eigenvalue weighted by atomic mass is 10.0. The Morgan fingerprint density at radius 2 is 1.26 bits per heavy atom. The molecule has 0 saturated carbocycles. The maximum atomic E-state index is 12.7. The van der Waals surface area contributed by atoms with Crippen molar-refractivity contribution in [2.75, 3.05) is 5.75 Å². The van der Waals surface area contributed by atoms with Crippen LogP contribution in [0.4, 0.5) is 0 Å². The minimum atomic E-state index is -1.71. The highest BCUT2D eigenvalue weighted by Gasteiger charge is 2.31. The molecule has 35 heavy (non-hydrogen) atoms. The normalized spacial score (nSPS) is 14.0. The van der Waals surface area contributed by atoms with Gasteiger partial charge in [0.05, 0.1) is 18.9 Å². The molecule has 4 atom stereocenters. The predicted octanol–water partition coefficient (Wildman–Crippen LogP) is -2.32. The molecule has 0 radical (unpaired) electrons. The van der Waals surface area contributed by atoms with Gasteiger partial charge in [-0.25, -0.2) is 4.79 Å². The molecule has 1 aromatic rings. The second-order valence-electron chi connectivity index (χ2n) is 7.38. The highest BCUT2D eigenvalue weighted by molar-refractivity contribution is 7.80. The SMILES string of the molecule is NC(CC(=O)O)C(=O)NC(CS)C(=O)NC(CC(=O)O)C(=O)NC(Cc1ccc(O)cc1)C(=O)O. The molecule has 0 bridgehead atoms. The molecule has 1 rings (SSSR count). The predicted molar refractivity (Wildman–Crippen MR) is 122 cm³/mol. The Morgan fingerprint density at radius 3 is 1.74 bits per heavy atom. The van der Waals surface area contributed by atoms with Crippen LogP contribution in [0, 0.1) is 0 Å². The molecule has 192 valence electrons. The fraction of sp³-hybridized carbons (Fsp3) is 0.400. The summed E-state index contributed by atoms with van der Waals surface area (Å²) in [6, 6.07) is -0.580. The number of hydrogen-bond donors (Lipinski definition) is 9. The smallest absolute Gasteiger partial charge is 0.326 e. The van der Waals surface area contributed by atoms with Gasteiger partial charge in [-0.1, -0.05) is 12.1 Å². The maximum Gasteiger partial charge on any atom is 0.326 e. The monoisotopic (exact) mass is 514 g/mol. The highest BCUT2D eigenvalue weighted by atomic mass is 32.1. The van der Waals surface area contributed by atoms with E-state index in [1.54, 1.807) is 0 Å². The molecule has 0 spiro atoms. The topological polar surface area (TPSA) is 245 Å². The number of phenols is 1. The zero-order valence-corrected chi connectivity index (χ0v) is 19.1. The van der Waals surface area contributed by atoms with Gasteiger partial charge in [0.1, 0.15) is 23.9 Å². The number of hydrogen-bond acceptors (Lipinski definition) is 9. The summed E-state index contributed by atoms with van der Waals surface area (Å²) in [6.45, 7) is 0. The molecule has 0 aliphatic carbocycles. The lowest BCUT2D eigenvalue weighted by molar-refractivity contribution is -0.143. The van der Waals surface area contributed by atoms with Crippen LogP contribution in [0.1, 0.15) is 18.4 Å². The first kappa shape index (κ1) is 29.2. The van der Waals surface area contributed by atoms with E-state index in [-0.39, 0.29) is 17.9 Å². The second-order valence-corrected chi connectivity index (χ2v) is 7.74. The average Bonchev–Trinajstić information content (AvgIpc) is 2.76. The Bertz CT molecular complexity index is 956. The number of nitrogens with one attached hydrogen (secondary N) is 3. The standard InChI is InChI=1S/C20H26N4O10S/c21-11(6-15(26)27)17(30)24-14(8-35)19(32)22-12(7-16(28)29)18(31)23-13(20(33)34)5-9-1-3-10(25)4-2-9/h1-4,11-14,25,35H,5-8,21H2,(H,22,32)(H,23,31)(H,24,30)(H,26,27)(H,28,29)(H,33,34). The van der Waals surface area contributed by atoms with Crippen LogP contribution < -0.4 is 21.7 Å². The third-order valence-corrected chi connectivity index (χ3v) is 4.91. The molecule has 9 N–H and O–H groups in total. The van der Waals surface area contributed by atoms with Crippen molar-refractivity contribution in [1.82, 2.24) is 16.0 Å². The molecule has 0 fully saturated rings. The Labute approximate surface area is 204 Å². The molecule has 0 saturated heterocycles. The van der Waals surface area contributed by atoms with Crippen molar-refractivity contribution >= 4 is 48.3 Å². The summed E-state index contributed by atoms with van der Waals surface area (Å²) in [4.78, 5) is 70.7. The number of carbonyl (C=O) groups is 6. The minimum Gasteiger partial charge on any atom is -0.508 e. The Hall–Kier alpha value is -3.85. The van der Waals surface area contributed by atoms with E-state index in [1.165, 1.54) is 24.3 Å². The summed E-state index contributed by atoms with van der Waals surface area (Å²) in [7, 11) is 0. The lowest BCUT2D eigenvalue weighted by Gasteiger charge is -2.23. The first-order chi connectivity index (χ1) is 16.3. The van der Waals surface area contributed by atoms with Crippen LogP contribution in [0.25, 0.3) is 0 Å². The van der Waals surface area contributed by atoms with E-state index in [9.17, 15) is 39.0 Å². The van der Waals surface area contributed by atoms with Crippen LogP contribution in [0.5, 0.6) is 5.75 Å². The number of carboxylic acids is 3. The number of rotatable bonds is 14. The number of thiol groups is 1. The fourth-order valence-electron chi connectivity index (χ4n) is 2.75. The average molecular weight is 515 g/mol. The van der Waals surface area contributed by atoms with Crippen LogP contribution in [0.3, 0.4) is 0 Å². The third-order valence-electron chi connectivity index (χ3n) is 4.55. The van der Waals surface area contributed by atoms with Crippen LogP contribution in [0.2, 0.25) is 0 Å². The van der Waals surface area contributed by atoms with Gasteiger partial charge in [0, 0.05) is 12.2 Å². The first-order valence-corrected chi connectivity index (χ1v) is 10.7. The number of benzene rings is 1. The summed E-state index contributed by atoms with van der Waals surface area (Å²) >= 11 is 3.91. The van der Waals surface area contributed by atoms with Crippen LogP contribution in [-0.4, -0.2) is 86.0 Å². The number of amides is 3. The zero-order chi connectivity index (χ0) is 26.7. The van der Waals surface area contributed by atoms with Crippen LogP contribution >= 0.6 is 12.6 Å². The molecule has 14 nitrogen and oxygen atoms in total. The van der Waals surface area contributed by atoms with Crippen molar-refractivity contribution in [2.24, 2.45) is 5.73 Å². The van der Waals surface area contributed by atoms with E-state index in [2.05, 4.69) is 28.6 Å². The maximum absolute atomic E-state index is 12.7. The van der Waals surface area contributed by atoms with Gasteiger partial charge in [-0.15, -0.1) is 0 Å². The molecule has 3 amide bonds. The lowest BCUT2D eigenvalue weighted by Crippen LogP contribution is -2.58. The van der Waals surface area contributed by atoms with Crippen LogP contribution in [-0.2, 0) is 35.2 Å². The van der Waals surface area contributed by atoms with Crippen LogP contribution in [0.15, 0.2) is 24.3 Å². The van der Waals surface area contributed by atoms with E-state index in [1.807, 2.05) is 0 Å². The quantitative estimate of drug-likeness (QED) is 0.119. The van der Waals surface area contributed by atoms with Crippen molar-refractivity contribution in [3.8, 4) is 5.75 Å². The van der Waals surface area contributed by atoms with Crippen molar-refractivity contribution in [3.63, 3.8) is 0 Å². The molecule has 0 aliphatic heterocycles. The van der Waals surface area contributed by atoms with Gasteiger partial charge in [-0.2, -0.15) is 12.6 Å². The van der Waals surface area contributed by atoms with Gasteiger partial charge < -0.3 is 42.1 Å². The Kier molecular flexibility index (Phi) is 11.5.